The minimum absolute atomic E-state index is 0.0391. The highest BCUT2D eigenvalue weighted by Gasteiger charge is 2.40. The van der Waals surface area contributed by atoms with Gasteiger partial charge in [-0.15, -0.1) is 0 Å². The van der Waals surface area contributed by atoms with Crippen LogP contribution >= 0.6 is 0 Å². The third-order valence-electron chi connectivity index (χ3n) is 7.22. The van der Waals surface area contributed by atoms with E-state index in [0.29, 0.717) is 44.5 Å². The highest BCUT2D eigenvalue weighted by Crippen LogP contribution is 2.25. The van der Waals surface area contributed by atoms with E-state index in [2.05, 4.69) is 11.7 Å². The Labute approximate surface area is 272 Å². The Morgan fingerprint density at radius 2 is 1.32 bits per heavy atom. The molecule has 0 aliphatic carbocycles. The average Bonchev–Trinajstić information content (AvgIpc) is 3.04. The Morgan fingerprint density at radius 3 is 1.94 bits per heavy atom. The quantitative estimate of drug-likeness (QED) is 0.0582. The normalized spacial score (nSPS) is 11.9. The van der Waals surface area contributed by atoms with Crippen LogP contribution in [-0.4, -0.2) is 43.4 Å². The molecule has 0 spiro atoms. The van der Waals surface area contributed by atoms with Gasteiger partial charge >= 0.3 is 24.1 Å². The lowest BCUT2D eigenvalue weighted by Gasteiger charge is -2.14. The highest BCUT2D eigenvalue weighted by molar-refractivity contribution is 5.92. The van der Waals surface area contributed by atoms with Gasteiger partial charge in [-0.3, -0.25) is 0 Å². The summed E-state index contributed by atoms with van der Waals surface area (Å²) in [5, 5.41) is 0. The zero-order valence-corrected chi connectivity index (χ0v) is 26.6. The zero-order chi connectivity index (χ0) is 34.2. The number of halogens is 4. The first-order valence-corrected chi connectivity index (χ1v) is 15.8. The fraction of sp³-hybridized carbons (Fsp3) is 0.417. The minimum atomic E-state index is -4.97. The van der Waals surface area contributed by atoms with Crippen molar-refractivity contribution in [2.75, 3.05) is 13.2 Å². The lowest BCUT2D eigenvalue weighted by Crippen LogP contribution is -2.25. The largest absolute Gasteiger partial charge is 0.494 e. The Hall–Kier alpha value is -4.41. The van der Waals surface area contributed by atoms with Gasteiger partial charge in [0.25, 0.3) is 0 Å². The molecule has 3 aromatic carbocycles. The van der Waals surface area contributed by atoms with E-state index in [1.165, 1.54) is 12.1 Å². The summed E-state index contributed by atoms with van der Waals surface area (Å²) < 4.78 is 71.5. The lowest BCUT2D eigenvalue weighted by molar-refractivity contribution is -0.199. The van der Waals surface area contributed by atoms with Crippen molar-refractivity contribution in [2.45, 2.75) is 83.9 Å². The van der Waals surface area contributed by atoms with Crippen LogP contribution in [0.1, 0.15) is 92.4 Å². The second kappa shape index (κ2) is 18.7. The third kappa shape index (κ3) is 12.7. The Balaban J connectivity index is 1.41. The summed E-state index contributed by atoms with van der Waals surface area (Å²) >= 11 is 0. The fourth-order valence-corrected chi connectivity index (χ4v) is 4.59. The fourth-order valence-electron chi connectivity index (χ4n) is 4.59. The molecule has 1 atom stereocenters. The predicted molar refractivity (Wildman–Crippen MR) is 168 cm³/mol. The molecule has 0 heterocycles. The van der Waals surface area contributed by atoms with Crippen molar-refractivity contribution in [2.24, 2.45) is 0 Å². The highest BCUT2D eigenvalue weighted by atomic mass is 19.4. The summed E-state index contributed by atoms with van der Waals surface area (Å²) in [7, 11) is 0. The van der Waals surface area contributed by atoms with E-state index in [4.69, 9.17) is 14.2 Å². The van der Waals surface area contributed by atoms with Crippen molar-refractivity contribution in [1.29, 1.82) is 0 Å². The number of ether oxygens (including phenoxy) is 4. The van der Waals surface area contributed by atoms with E-state index in [1.807, 2.05) is 12.1 Å². The molecule has 0 radical (unpaired) electrons. The van der Waals surface area contributed by atoms with E-state index in [9.17, 15) is 31.9 Å². The molecule has 0 saturated carbocycles. The first kappa shape index (κ1) is 37.1. The molecular weight excluding hydrogens is 620 g/mol. The number of esters is 3. The molecule has 3 rings (SSSR count). The van der Waals surface area contributed by atoms with E-state index >= 15 is 0 Å². The number of unbranched alkanes of at least 4 members (excludes halogenated alkanes) is 6. The molecule has 0 aliphatic rings. The molecule has 0 aliphatic heterocycles. The van der Waals surface area contributed by atoms with Crippen LogP contribution in [0, 0.1) is 5.82 Å². The van der Waals surface area contributed by atoms with Crippen LogP contribution in [-0.2, 0) is 14.3 Å². The Bertz CT molecular complexity index is 1440. The van der Waals surface area contributed by atoms with Gasteiger partial charge in [0.2, 0.25) is 0 Å². The van der Waals surface area contributed by atoms with Gasteiger partial charge in [-0.2, -0.15) is 13.2 Å². The molecule has 47 heavy (non-hydrogen) atoms. The van der Waals surface area contributed by atoms with Crippen molar-refractivity contribution in [3.05, 3.63) is 83.7 Å². The molecule has 0 saturated heterocycles. The summed E-state index contributed by atoms with van der Waals surface area (Å²) in [4.78, 5) is 35.7. The molecule has 0 aromatic heterocycles. The first-order valence-electron chi connectivity index (χ1n) is 15.8. The van der Waals surface area contributed by atoms with Crippen LogP contribution in [0.15, 0.2) is 66.7 Å². The zero-order valence-electron chi connectivity index (χ0n) is 26.6. The first-order chi connectivity index (χ1) is 22.5. The Kier molecular flexibility index (Phi) is 14.7. The number of rotatable bonds is 18. The summed E-state index contributed by atoms with van der Waals surface area (Å²) in [6.07, 6.45) is 1.96. The smallest absolute Gasteiger partial charge is 0.490 e. The molecule has 0 unspecified atom stereocenters. The molecule has 11 heteroatoms. The van der Waals surface area contributed by atoms with Gasteiger partial charge in [0, 0.05) is 6.07 Å². The molecule has 0 N–H and O–H groups in total. The van der Waals surface area contributed by atoms with Crippen LogP contribution in [0.5, 0.6) is 11.5 Å². The number of hydrogen-bond acceptors (Lipinski definition) is 7. The van der Waals surface area contributed by atoms with Crippen molar-refractivity contribution < 1.29 is 50.9 Å². The molecule has 0 amide bonds. The van der Waals surface area contributed by atoms with Crippen LogP contribution in [0.2, 0.25) is 0 Å². The molecule has 3 aromatic rings. The van der Waals surface area contributed by atoms with Crippen LogP contribution in [0.3, 0.4) is 0 Å². The second-order valence-electron chi connectivity index (χ2n) is 11.1. The third-order valence-corrected chi connectivity index (χ3v) is 7.22. The molecule has 7 nitrogen and oxygen atoms in total. The van der Waals surface area contributed by atoms with Crippen molar-refractivity contribution in [1.82, 2.24) is 0 Å². The van der Waals surface area contributed by atoms with Crippen molar-refractivity contribution in [3.8, 4) is 22.6 Å². The number of benzene rings is 3. The SMILES string of the molecule is CCCCCC[C@H](C)OC(=O)c1ccc(OC(=O)c2ccc(-c3ccc(OCCCCCCOC(=O)C(F)(F)F)cc3)cc2)cc1F. The van der Waals surface area contributed by atoms with Gasteiger partial charge in [-0.05, 0) is 93.0 Å². The molecule has 0 bridgehead atoms. The van der Waals surface area contributed by atoms with Crippen LogP contribution < -0.4 is 9.47 Å². The van der Waals surface area contributed by atoms with Gasteiger partial charge in [0.05, 0.1) is 30.4 Å². The van der Waals surface area contributed by atoms with Gasteiger partial charge in [-0.25, -0.2) is 18.8 Å². The monoisotopic (exact) mass is 660 g/mol. The Morgan fingerprint density at radius 1 is 0.723 bits per heavy atom. The van der Waals surface area contributed by atoms with Crippen molar-refractivity contribution in [3.63, 3.8) is 0 Å². The lowest BCUT2D eigenvalue weighted by atomic mass is 10.0. The number of carbonyl (C=O) groups is 3. The van der Waals surface area contributed by atoms with Gasteiger partial charge in [0.1, 0.15) is 17.3 Å². The summed E-state index contributed by atoms with van der Waals surface area (Å²) in [6.45, 7) is 4.05. The van der Waals surface area contributed by atoms with E-state index in [-0.39, 0.29) is 29.6 Å². The number of carbonyl (C=O) groups excluding carboxylic acids is 3. The van der Waals surface area contributed by atoms with Gasteiger partial charge < -0.3 is 18.9 Å². The maximum absolute atomic E-state index is 14.7. The van der Waals surface area contributed by atoms with Gasteiger partial charge in [-0.1, -0.05) is 50.5 Å². The van der Waals surface area contributed by atoms with Crippen LogP contribution in [0.25, 0.3) is 11.1 Å². The average molecular weight is 661 g/mol. The van der Waals surface area contributed by atoms with Gasteiger partial charge in [0.15, 0.2) is 0 Å². The number of hydrogen-bond donors (Lipinski definition) is 0. The molecule has 254 valence electrons. The summed E-state index contributed by atoms with van der Waals surface area (Å²) in [5.41, 5.74) is 1.75. The van der Waals surface area contributed by atoms with E-state index < -0.39 is 29.9 Å². The van der Waals surface area contributed by atoms with Crippen LogP contribution in [0.4, 0.5) is 17.6 Å². The van der Waals surface area contributed by atoms with Crippen molar-refractivity contribution >= 4 is 17.9 Å². The number of alkyl halides is 3. The summed E-state index contributed by atoms with van der Waals surface area (Å²) in [6, 6.07) is 17.6. The topological polar surface area (TPSA) is 88.1 Å². The van der Waals surface area contributed by atoms with E-state index in [1.54, 1.807) is 43.3 Å². The predicted octanol–water partition coefficient (Wildman–Crippen LogP) is 9.27. The minimum Gasteiger partial charge on any atom is -0.494 e. The summed E-state index contributed by atoms with van der Waals surface area (Å²) in [5.74, 6) is -3.84. The molecule has 0 fully saturated rings. The molecular formula is C36H40F4O7. The maximum Gasteiger partial charge on any atom is 0.490 e. The standard InChI is InChI=1S/C36H40F4O7/c1-3-4-5-8-11-25(2)46-34(42)31-21-20-30(24-32(31)37)47-33(41)28-14-12-26(13-15-28)27-16-18-29(19-17-27)44-22-9-6-7-10-23-45-35(43)36(38,39)40/h12-21,24-25H,3-11,22-23H2,1-2H3/t25-/m0/s1. The maximum atomic E-state index is 14.7. The van der Waals surface area contributed by atoms with E-state index in [0.717, 1.165) is 42.9 Å². The second-order valence-corrected chi connectivity index (χ2v) is 11.1.